The first-order chi connectivity index (χ1) is 20.5. The van der Waals surface area contributed by atoms with E-state index >= 15 is 0 Å². The van der Waals surface area contributed by atoms with E-state index < -0.39 is 86.3 Å². The second kappa shape index (κ2) is 9.66. The second-order valence-electron chi connectivity index (χ2n) is 11.1. The molecule has 2 aliphatic carbocycles. The third kappa shape index (κ3) is 4.03. The summed E-state index contributed by atoms with van der Waals surface area (Å²) < 4.78 is 43.4. The third-order valence-corrected chi connectivity index (χ3v) is 10.3. The summed E-state index contributed by atoms with van der Waals surface area (Å²) in [5.41, 5.74) is -0.512. The van der Waals surface area contributed by atoms with Crippen molar-refractivity contribution < 1.29 is 47.1 Å². The number of nitro groups is 1. The number of carbonyl (C=O) groups is 4. The van der Waals surface area contributed by atoms with Crippen molar-refractivity contribution in [1.29, 1.82) is 0 Å². The summed E-state index contributed by atoms with van der Waals surface area (Å²) in [6, 6.07) is 7.49. The summed E-state index contributed by atoms with van der Waals surface area (Å²) in [6.07, 6.45) is -4.08. The Morgan fingerprint density at radius 3 is 2.41 bits per heavy atom. The molecule has 2 aromatic rings. The number of non-ortho nitro benzene ring substituents is 1. The summed E-state index contributed by atoms with van der Waals surface area (Å²) in [7, 11) is 1.13. The zero-order valence-corrected chi connectivity index (χ0v) is 23.9. The number of ether oxygens (including phenoxy) is 1. The smallest absolute Gasteiger partial charge is 0.508 e. The average Bonchev–Trinajstić information content (AvgIpc) is 3.28. The van der Waals surface area contributed by atoms with Gasteiger partial charge in [-0.15, -0.1) is 36.4 Å². The van der Waals surface area contributed by atoms with Crippen LogP contribution in [0.1, 0.15) is 24.3 Å². The Labute approximate surface area is 255 Å². The van der Waals surface area contributed by atoms with Crippen molar-refractivity contribution in [2.45, 2.75) is 34.9 Å². The molecule has 4 amide bonds. The number of hydrogen-bond acceptors (Lipinski definition) is 8. The Morgan fingerprint density at radius 2 is 1.75 bits per heavy atom. The van der Waals surface area contributed by atoms with E-state index in [0.29, 0.717) is 4.90 Å². The van der Waals surface area contributed by atoms with Crippen LogP contribution in [0.25, 0.3) is 0 Å². The number of likely N-dealkylation sites (tertiary alicyclic amines) is 1. The number of carbonyl (C=O) groups excluding carboxylic acids is 4. The van der Waals surface area contributed by atoms with Crippen LogP contribution in [-0.4, -0.2) is 61.7 Å². The molecule has 11 nitrogen and oxygen atoms in total. The highest BCUT2D eigenvalue weighted by molar-refractivity contribution is 6.53. The summed E-state index contributed by atoms with van der Waals surface area (Å²) >= 11 is 14.0. The van der Waals surface area contributed by atoms with Crippen LogP contribution in [0, 0.1) is 27.9 Å². The van der Waals surface area contributed by atoms with Crippen molar-refractivity contribution in [3.05, 3.63) is 69.8 Å². The molecule has 16 heteroatoms. The lowest BCUT2D eigenvalue weighted by Gasteiger charge is -2.50. The van der Waals surface area contributed by atoms with Crippen LogP contribution in [0.3, 0.4) is 0 Å². The normalized spacial score (nSPS) is 31.5. The van der Waals surface area contributed by atoms with Gasteiger partial charge in [0.05, 0.1) is 22.4 Å². The van der Waals surface area contributed by atoms with E-state index in [2.05, 4.69) is 4.74 Å². The summed E-state index contributed by atoms with van der Waals surface area (Å²) in [5.74, 6) is -9.39. The first-order valence-corrected chi connectivity index (χ1v) is 13.9. The van der Waals surface area contributed by atoms with Crippen molar-refractivity contribution in [2.24, 2.45) is 17.8 Å². The molecule has 3 fully saturated rings. The van der Waals surface area contributed by atoms with Crippen molar-refractivity contribution in [1.82, 2.24) is 4.90 Å². The predicted octanol–water partition coefficient (Wildman–Crippen LogP) is 4.39. The fourth-order valence-corrected chi connectivity index (χ4v) is 8.06. The summed E-state index contributed by atoms with van der Waals surface area (Å²) in [6.45, 7) is 0. The third-order valence-electron chi connectivity index (χ3n) is 8.86. The number of fused-ring (bicyclic) bond motifs is 4. The molecule has 1 saturated carbocycles. The molecule has 230 valence electrons. The van der Waals surface area contributed by atoms with Gasteiger partial charge in [-0.3, -0.25) is 34.2 Å². The van der Waals surface area contributed by atoms with Crippen LogP contribution in [0.15, 0.2) is 54.1 Å². The summed E-state index contributed by atoms with van der Waals surface area (Å²) in [5, 5.41) is 22.2. The Morgan fingerprint density at radius 1 is 1.05 bits per heavy atom. The maximum absolute atomic E-state index is 14.0. The van der Waals surface area contributed by atoms with E-state index in [0.717, 1.165) is 36.2 Å². The minimum atomic E-state index is -5.11. The molecule has 6 rings (SSSR count). The Balaban J connectivity index is 1.51. The van der Waals surface area contributed by atoms with E-state index in [9.17, 15) is 47.6 Å². The van der Waals surface area contributed by atoms with Crippen LogP contribution in [0.2, 0.25) is 0 Å². The molecule has 0 radical (unpaired) electrons. The molecule has 0 spiro atoms. The van der Waals surface area contributed by atoms with Crippen molar-refractivity contribution >= 4 is 58.2 Å². The maximum atomic E-state index is 14.0. The van der Waals surface area contributed by atoms with Gasteiger partial charge in [0.25, 0.3) is 17.5 Å². The number of amides is 4. The average molecular weight is 654 g/mol. The van der Waals surface area contributed by atoms with Gasteiger partial charge in [0.1, 0.15) is 11.5 Å². The molecule has 44 heavy (non-hydrogen) atoms. The summed E-state index contributed by atoms with van der Waals surface area (Å²) in [4.78, 5) is 62.2. The molecule has 2 saturated heterocycles. The Hall–Kier alpha value is -4.17. The lowest BCUT2D eigenvalue weighted by atomic mass is 9.56. The van der Waals surface area contributed by atoms with Gasteiger partial charge in [-0.1, -0.05) is 17.7 Å². The van der Waals surface area contributed by atoms with Crippen molar-refractivity contribution in [3.8, 4) is 11.5 Å². The van der Waals surface area contributed by atoms with Gasteiger partial charge in [0, 0.05) is 30.7 Å². The first-order valence-electron chi connectivity index (χ1n) is 13.1. The van der Waals surface area contributed by atoms with E-state index in [1.807, 2.05) is 0 Å². The quantitative estimate of drug-likeness (QED) is 0.168. The monoisotopic (exact) mass is 653 g/mol. The van der Waals surface area contributed by atoms with Gasteiger partial charge < -0.3 is 9.84 Å². The standard InChI is InChI=1S/C28H20Cl2F3N3O8/c1-34-24(40)26(29)11-18-15(21(27(26,30)25(34)41)17-10-14(5-8-19(17)37)44-28(31,32)33)6-7-16-20(18)23(39)35(22(16)38)12-3-2-4-13(9-12)36(42)43/h2-6,8-10,16,18,20-21,37H,7,11H2,1H3. The molecule has 6 atom stereocenters. The minimum Gasteiger partial charge on any atom is -0.508 e. The van der Waals surface area contributed by atoms with E-state index in [-0.39, 0.29) is 28.9 Å². The van der Waals surface area contributed by atoms with Crippen molar-refractivity contribution in [2.75, 3.05) is 11.9 Å². The molecule has 2 aromatic carbocycles. The van der Waals surface area contributed by atoms with Gasteiger partial charge in [-0.25, -0.2) is 4.90 Å². The van der Waals surface area contributed by atoms with Crippen molar-refractivity contribution in [3.63, 3.8) is 0 Å². The molecule has 0 aromatic heterocycles. The molecular weight excluding hydrogens is 634 g/mol. The molecule has 1 N–H and O–H groups in total. The second-order valence-corrected chi connectivity index (χ2v) is 12.3. The van der Waals surface area contributed by atoms with Crippen LogP contribution in [0.4, 0.5) is 24.5 Å². The fraction of sp³-hybridized carbons (Fsp3) is 0.357. The number of nitrogens with zero attached hydrogens (tertiary/aromatic N) is 3. The molecule has 2 aliphatic heterocycles. The molecule has 2 heterocycles. The van der Waals surface area contributed by atoms with E-state index in [1.54, 1.807) is 0 Å². The lowest BCUT2D eigenvalue weighted by Crippen LogP contribution is -2.60. The van der Waals surface area contributed by atoms with Gasteiger partial charge >= 0.3 is 6.36 Å². The SMILES string of the molecule is CN1C(=O)C2(Cl)CC3C(=CCC4C(=O)N(c5cccc([N+](=O)[O-])c5)C(=O)C43)C(c3cc(OC(F)(F)F)ccc3O)C2(Cl)C1=O. The predicted molar refractivity (Wildman–Crippen MR) is 146 cm³/mol. The lowest BCUT2D eigenvalue weighted by molar-refractivity contribution is -0.384. The number of aromatic hydroxyl groups is 1. The number of allylic oxidation sites excluding steroid dienone is 2. The number of imide groups is 2. The number of benzene rings is 2. The highest BCUT2D eigenvalue weighted by Crippen LogP contribution is 2.66. The van der Waals surface area contributed by atoms with Crippen LogP contribution in [-0.2, 0) is 19.2 Å². The number of nitro benzene ring substituents is 1. The number of rotatable bonds is 4. The number of alkyl halides is 5. The maximum Gasteiger partial charge on any atom is 0.573 e. The fourth-order valence-electron chi connectivity index (χ4n) is 7.05. The van der Waals surface area contributed by atoms with Gasteiger partial charge in [-0.2, -0.15) is 0 Å². The van der Waals surface area contributed by atoms with Crippen LogP contribution in [0.5, 0.6) is 11.5 Å². The molecule has 0 bridgehead atoms. The number of hydrogen-bond donors (Lipinski definition) is 1. The van der Waals surface area contributed by atoms with Gasteiger partial charge in [0.2, 0.25) is 11.8 Å². The van der Waals surface area contributed by atoms with Gasteiger partial charge in [0.15, 0.2) is 9.75 Å². The Bertz CT molecular complexity index is 1720. The van der Waals surface area contributed by atoms with Crippen LogP contribution < -0.4 is 9.64 Å². The number of phenolic OH excluding ortho intramolecular Hbond substituents is 1. The van der Waals surface area contributed by atoms with E-state index in [1.165, 1.54) is 24.3 Å². The highest BCUT2D eigenvalue weighted by atomic mass is 35.5. The molecular formula is C28H20Cl2F3N3O8. The van der Waals surface area contributed by atoms with Gasteiger partial charge in [-0.05, 0) is 43.0 Å². The minimum absolute atomic E-state index is 0.0497. The molecule has 6 unspecified atom stereocenters. The largest absolute Gasteiger partial charge is 0.573 e. The molecule has 4 aliphatic rings. The topological polar surface area (TPSA) is 147 Å². The number of phenols is 1. The Kier molecular flexibility index (Phi) is 6.56. The zero-order chi connectivity index (χ0) is 32.1. The van der Waals surface area contributed by atoms with Crippen LogP contribution >= 0.6 is 23.2 Å². The number of anilines is 1. The first kappa shape index (κ1) is 29.9. The zero-order valence-electron chi connectivity index (χ0n) is 22.4. The number of halogens is 5. The van der Waals surface area contributed by atoms with E-state index in [4.69, 9.17) is 23.2 Å². The highest BCUT2D eigenvalue weighted by Gasteiger charge is 2.76.